The van der Waals surface area contributed by atoms with Gasteiger partial charge in [0.2, 0.25) is 0 Å². The van der Waals surface area contributed by atoms with Crippen molar-refractivity contribution in [3.05, 3.63) is 71.8 Å². The van der Waals surface area contributed by atoms with Crippen molar-refractivity contribution in [1.82, 2.24) is 9.80 Å². The van der Waals surface area contributed by atoms with E-state index in [0.29, 0.717) is 5.92 Å². The third kappa shape index (κ3) is 4.91. The molecule has 0 bridgehead atoms. The molecule has 3 nitrogen and oxygen atoms in total. The summed E-state index contributed by atoms with van der Waals surface area (Å²) in [6.07, 6.45) is 0. The number of benzene rings is 2. The molecule has 128 valence electrons. The van der Waals surface area contributed by atoms with E-state index in [4.69, 9.17) is 5.73 Å². The van der Waals surface area contributed by atoms with Crippen molar-refractivity contribution in [3.63, 3.8) is 0 Å². The molecule has 1 saturated heterocycles. The first kappa shape index (κ1) is 17.2. The van der Waals surface area contributed by atoms with Crippen molar-refractivity contribution in [2.75, 3.05) is 26.2 Å². The SMILES string of the molecule is C[C@H]1CN(Cc2ccccc2)CCN(Cc2ccccc2)C[C@@H]1N. The van der Waals surface area contributed by atoms with Gasteiger partial charge in [-0.25, -0.2) is 0 Å². The second-order valence-electron chi connectivity index (χ2n) is 7.08. The highest BCUT2D eigenvalue weighted by Gasteiger charge is 2.23. The van der Waals surface area contributed by atoms with Crippen LogP contribution in [0.15, 0.2) is 60.7 Å². The summed E-state index contributed by atoms with van der Waals surface area (Å²) in [5.74, 6) is 0.507. The first-order valence-corrected chi connectivity index (χ1v) is 8.99. The van der Waals surface area contributed by atoms with Gasteiger partial charge >= 0.3 is 0 Å². The third-order valence-electron chi connectivity index (χ3n) is 4.98. The highest BCUT2D eigenvalue weighted by molar-refractivity contribution is 5.15. The van der Waals surface area contributed by atoms with Gasteiger partial charge in [0.1, 0.15) is 0 Å². The van der Waals surface area contributed by atoms with Crippen LogP contribution < -0.4 is 5.73 Å². The van der Waals surface area contributed by atoms with E-state index in [9.17, 15) is 0 Å². The minimum absolute atomic E-state index is 0.229. The molecule has 1 fully saturated rings. The zero-order valence-electron chi connectivity index (χ0n) is 14.6. The molecule has 1 aliphatic heterocycles. The molecule has 24 heavy (non-hydrogen) atoms. The largest absolute Gasteiger partial charge is 0.326 e. The molecule has 0 aromatic heterocycles. The van der Waals surface area contributed by atoms with Crippen LogP contribution in [0.4, 0.5) is 0 Å². The van der Waals surface area contributed by atoms with E-state index in [1.54, 1.807) is 0 Å². The molecule has 3 rings (SSSR count). The molecule has 2 aromatic carbocycles. The lowest BCUT2D eigenvalue weighted by Crippen LogP contribution is -2.50. The molecule has 2 aromatic rings. The van der Waals surface area contributed by atoms with Crippen LogP contribution in [0.2, 0.25) is 0 Å². The van der Waals surface area contributed by atoms with E-state index in [1.807, 2.05) is 0 Å². The van der Waals surface area contributed by atoms with Gasteiger partial charge in [-0.05, 0) is 17.0 Å². The zero-order chi connectivity index (χ0) is 16.8. The lowest BCUT2D eigenvalue weighted by molar-refractivity contribution is 0.124. The van der Waals surface area contributed by atoms with E-state index >= 15 is 0 Å². The van der Waals surface area contributed by atoms with Crippen molar-refractivity contribution in [2.45, 2.75) is 26.1 Å². The second kappa shape index (κ2) is 8.43. The summed E-state index contributed by atoms with van der Waals surface area (Å²) in [5.41, 5.74) is 9.23. The summed E-state index contributed by atoms with van der Waals surface area (Å²) in [7, 11) is 0. The highest BCUT2D eigenvalue weighted by atomic mass is 15.2. The second-order valence-corrected chi connectivity index (χ2v) is 7.08. The fraction of sp³-hybridized carbons (Fsp3) is 0.429. The Morgan fingerprint density at radius 1 is 0.792 bits per heavy atom. The van der Waals surface area contributed by atoms with Crippen LogP contribution in [0.3, 0.4) is 0 Å². The number of hydrogen-bond donors (Lipinski definition) is 1. The molecule has 0 saturated carbocycles. The van der Waals surface area contributed by atoms with Crippen LogP contribution in [-0.2, 0) is 13.1 Å². The molecule has 1 heterocycles. The standard InChI is InChI=1S/C21H29N3/c1-18-14-23(15-19-8-4-2-5-9-19)12-13-24(17-21(18)22)16-20-10-6-3-7-11-20/h2-11,18,21H,12-17,22H2,1H3/t18-,21-/m0/s1. The Morgan fingerprint density at radius 2 is 1.25 bits per heavy atom. The molecule has 1 aliphatic rings. The molecule has 0 spiro atoms. The predicted molar refractivity (Wildman–Crippen MR) is 101 cm³/mol. The molecule has 2 atom stereocenters. The van der Waals surface area contributed by atoms with Gasteiger partial charge in [-0.3, -0.25) is 9.80 Å². The van der Waals surface area contributed by atoms with Gasteiger partial charge in [-0.1, -0.05) is 67.6 Å². The van der Waals surface area contributed by atoms with Gasteiger partial charge in [0.15, 0.2) is 0 Å². The van der Waals surface area contributed by atoms with Crippen LogP contribution in [-0.4, -0.2) is 42.0 Å². The molecule has 0 unspecified atom stereocenters. The van der Waals surface area contributed by atoms with E-state index < -0.39 is 0 Å². The van der Waals surface area contributed by atoms with Crippen molar-refractivity contribution in [3.8, 4) is 0 Å². The van der Waals surface area contributed by atoms with Crippen molar-refractivity contribution in [1.29, 1.82) is 0 Å². The monoisotopic (exact) mass is 323 g/mol. The van der Waals surface area contributed by atoms with Gasteiger partial charge in [0.25, 0.3) is 0 Å². The Labute approximate surface area is 146 Å². The summed E-state index contributed by atoms with van der Waals surface area (Å²) in [4.78, 5) is 5.06. The van der Waals surface area contributed by atoms with Gasteiger partial charge in [-0.15, -0.1) is 0 Å². The highest BCUT2D eigenvalue weighted by Crippen LogP contribution is 2.15. The first-order valence-electron chi connectivity index (χ1n) is 8.99. The number of rotatable bonds is 4. The summed E-state index contributed by atoms with van der Waals surface area (Å²) in [6.45, 7) is 8.51. The fourth-order valence-corrected chi connectivity index (χ4v) is 3.46. The number of nitrogens with two attached hydrogens (primary N) is 1. The predicted octanol–water partition coefficient (Wildman–Crippen LogP) is 2.97. The van der Waals surface area contributed by atoms with Crippen LogP contribution in [0.5, 0.6) is 0 Å². The maximum absolute atomic E-state index is 6.48. The van der Waals surface area contributed by atoms with Crippen LogP contribution in [0.25, 0.3) is 0 Å². The molecule has 0 radical (unpaired) electrons. The Bertz CT molecular complexity index is 543. The molecule has 0 aliphatic carbocycles. The van der Waals surface area contributed by atoms with E-state index in [0.717, 1.165) is 39.3 Å². The molecule has 2 N–H and O–H groups in total. The lowest BCUT2D eigenvalue weighted by atomic mass is 9.99. The third-order valence-corrected chi connectivity index (χ3v) is 4.98. The Morgan fingerprint density at radius 3 is 1.75 bits per heavy atom. The average Bonchev–Trinajstić information content (AvgIpc) is 2.60. The van der Waals surface area contributed by atoms with Gasteiger partial charge < -0.3 is 5.73 Å². The van der Waals surface area contributed by atoms with Crippen molar-refractivity contribution >= 4 is 0 Å². The Hall–Kier alpha value is -1.68. The van der Waals surface area contributed by atoms with Gasteiger partial charge in [0.05, 0.1) is 0 Å². The van der Waals surface area contributed by atoms with Crippen molar-refractivity contribution < 1.29 is 0 Å². The van der Waals surface area contributed by atoms with Gasteiger partial charge in [0, 0.05) is 45.3 Å². The van der Waals surface area contributed by atoms with E-state index in [1.165, 1.54) is 11.1 Å². The number of hydrogen-bond acceptors (Lipinski definition) is 3. The smallest absolute Gasteiger partial charge is 0.0234 e. The molecular weight excluding hydrogens is 294 g/mol. The zero-order valence-corrected chi connectivity index (χ0v) is 14.6. The molecule has 3 heteroatoms. The van der Waals surface area contributed by atoms with Crippen LogP contribution >= 0.6 is 0 Å². The lowest BCUT2D eigenvalue weighted by Gasteiger charge is -2.37. The Kier molecular flexibility index (Phi) is 6.02. The normalized spacial score (nSPS) is 23.6. The summed E-state index contributed by atoms with van der Waals surface area (Å²) in [5, 5.41) is 0. The molecular formula is C21H29N3. The van der Waals surface area contributed by atoms with Crippen LogP contribution in [0, 0.1) is 5.92 Å². The number of nitrogens with zero attached hydrogens (tertiary/aromatic N) is 2. The quantitative estimate of drug-likeness (QED) is 0.939. The van der Waals surface area contributed by atoms with Crippen LogP contribution in [0.1, 0.15) is 18.1 Å². The maximum Gasteiger partial charge on any atom is 0.0234 e. The van der Waals surface area contributed by atoms with Gasteiger partial charge in [-0.2, -0.15) is 0 Å². The minimum atomic E-state index is 0.229. The Balaban J connectivity index is 1.65. The average molecular weight is 323 g/mol. The molecule has 0 amide bonds. The summed E-state index contributed by atoms with van der Waals surface area (Å²) in [6, 6.07) is 21.7. The van der Waals surface area contributed by atoms with E-state index in [-0.39, 0.29) is 6.04 Å². The topological polar surface area (TPSA) is 32.5 Å². The van der Waals surface area contributed by atoms with E-state index in [2.05, 4.69) is 77.4 Å². The summed E-state index contributed by atoms with van der Waals surface area (Å²) >= 11 is 0. The summed E-state index contributed by atoms with van der Waals surface area (Å²) < 4.78 is 0. The van der Waals surface area contributed by atoms with Crippen molar-refractivity contribution in [2.24, 2.45) is 11.7 Å². The fourth-order valence-electron chi connectivity index (χ4n) is 3.46. The maximum atomic E-state index is 6.48. The first-order chi connectivity index (χ1) is 11.7. The minimum Gasteiger partial charge on any atom is -0.326 e.